The van der Waals surface area contributed by atoms with Gasteiger partial charge in [-0.2, -0.15) is 0 Å². The zero-order chi connectivity index (χ0) is 23.9. The number of carboxylic acid groups (broad SMARTS) is 4. The minimum atomic E-state index is -0.935. The third kappa shape index (κ3) is 13.9. The highest BCUT2D eigenvalue weighted by Gasteiger charge is 2.18. The summed E-state index contributed by atoms with van der Waals surface area (Å²) < 4.78 is 0. The second-order valence-corrected chi connectivity index (χ2v) is 8.02. The Morgan fingerprint density at radius 1 is 0.469 bits per heavy atom. The monoisotopic (exact) mass is 460 g/mol. The molecule has 1 fully saturated rings. The van der Waals surface area contributed by atoms with Crippen molar-refractivity contribution in [1.29, 1.82) is 0 Å². The van der Waals surface area contributed by atoms with E-state index in [0.29, 0.717) is 78.3 Å². The highest BCUT2D eigenvalue weighted by molar-refractivity contribution is 5.69. The molecule has 0 radical (unpaired) electrons. The Kier molecular flexibility index (Phi) is 13.5. The van der Waals surface area contributed by atoms with E-state index in [-0.39, 0.29) is 25.9 Å². The van der Waals surface area contributed by atoms with Crippen molar-refractivity contribution in [3.05, 3.63) is 0 Å². The molecule has 0 aromatic rings. The van der Waals surface area contributed by atoms with Crippen molar-refractivity contribution in [3.8, 4) is 0 Å². The lowest BCUT2D eigenvalue weighted by atomic mass is 10.2. The molecule has 1 heterocycles. The third-order valence-corrected chi connectivity index (χ3v) is 5.36. The predicted molar refractivity (Wildman–Crippen MR) is 115 cm³/mol. The first-order valence-corrected chi connectivity index (χ1v) is 10.9. The molecule has 1 aliphatic rings. The maximum absolute atomic E-state index is 11.2. The van der Waals surface area contributed by atoms with E-state index in [1.807, 2.05) is 19.6 Å². The SMILES string of the molecule is O=C(O)CCN1CCCN(CC(=O)O)CCN(CCC(=O)O)CCCN(CC(=O)O)CC1. The van der Waals surface area contributed by atoms with E-state index < -0.39 is 23.9 Å². The molecule has 0 spiro atoms. The molecule has 1 aliphatic heterocycles. The Labute approximate surface area is 188 Å². The highest BCUT2D eigenvalue weighted by atomic mass is 16.4. The Morgan fingerprint density at radius 3 is 1.09 bits per heavy atom. The molecule has 12 heteroatoms. The molecule has 0 aliphatic carbocycles. The summed E-state index contributed by atoms with van der Waals surface area (Å²) in [7, 11) is 0. The van der Waals surface area contributed by atoms with Gasteiger partial charge in [0.15, 0.2) is 0 Å². The lowest BCUT2D eigenvalue weighted by molar-refractivity contribution is -0.139. The van der Waals surface area contributed by atoms with Crippen molar-refractivity contribution in [2.75, 3.05) is 78.5 Å². The first-order valence-electron chi connectivity index (χ1n) is 10.9. The Morgan fingerprint density at radius 2 is 0.781 bits per heavy atom. The second kappa shape index (κ2) is 15.5. The van der Waals surface area contributed by atoms with E-state index >= 15 is 0 Å². The van der Waals surface area contributed by atoms with Crippen LogP contribution in [0, 0.1) is 0 Å². The van der Waals surface area contributed by atoms with E-state index in [1.165, 1.54) is 0 Å². The molecule has 0 bridgehead atoms. The van der Waals surface area contributed by atoms with Gasteiger partial charge in [-0.15, -0.1) is 0 Å². The summed E-state index contributed by atoms with van der Waals surface area (Å²) in [6.07, 6.45) is 1.24. The van der Waals surface area contributed by atoms with Crippen LogP contribution in [0.5, 0.6) is 0 Å². The molecular weight excluding hydrogens is 424 g/mol. The summed E-state index contributed by atoms with van der Waals surface area (Å²) >= 11 is 0. The second-order valence-electron chi connectivity index (χ2n) is 8.02. The van der Waals surface area contributed by atoms with Crippen molar-refractivity contribution >= 4 is 23.9 Å². The van der Waals surface area contributed by atoms with E-state index in [2.05, 4.69) is 0 Å². The van der Waals surface area contributed by atoms with Crippen molar-refractivity contribution in [1.82, 2.24) is 19.6 Å². The summed E-state index contributed by atoms with van der Waals surface area (Å²) in [5.41, 5.74) is 0. The van der Waals surface area contributed by atoms with Crippen LogP contribution in [0.3, 0.4) is 0 Å². The third-order valence-electron chi connectivity index (χ3n) is 5.36. The number of rotatable bonds is 10. The van der Waals surface area contributed by atoms with Gasteiger partial charge in [0, 0.05) is 52.4 Å². The lowest BCUT2D eigenvalue weighted by Crippen LogP contribution is -2.43. The van der Waals surface area contributed by atoms with Crippen LogP contribution in [0.4, 0.5) is 0 Å². The van der Waals surface area contributed by atoms with Crippen LogP contribution >= 0.6 is 0 Å². The molecule has 184 valence electrons. The fourth-order valence-corrected chi connectivity index (χ4v) is 3.70. The molecule has 0 unspecified atom stereocenters. The van der Waals surface area contributed by atoms with Gasteiger partial charge < -0.3 is 30.2 Å². The fourth-order valence-electron chi connectivity index (χ4n) is 3.70. The summed E-state index contributed by atoms with van der Waals surface area (Å²) in [4.78, 5) is 52.0. The Bertz CT molecular complexity index is 566. The molecule has 4 N–H and O–H groups in total. The minimum absolute atomic E-state index is 0.0176. The molecule has 0 aromatic carbocycles. The minimum Gasteiger partial charge on any atom is -0.481 e. The molecule has 1 rings (SSSR count). The molecule has 32 heavy (non-hydrogen) atoms. The van der Waals surface area contributed by atoms with Crippen molar-refractivity contribution in [2.24, 2.45) is 0 Å². The zero-order valence-electron chi connectivity index (χ0n) is 18.5. The summed E-state index contributed by atoms with van der Waals surface area (Å²) in [6, 6.07) is 0. The van der Waals surface area contributed by atoms with E-state index in [9.17, 15) is 29.4 Å². The van der Waals surface area contributed by atoms with Crippen LogP contribution in [0.2, 0.25) is 0 Å². The van der Waals surface area contributed by atoms with Crippen LogP contribution in [-0.2, 0) is 19.2 Å². The maximum atomic E-state index is 11.2. The van der Waals surface area contributed by atoms with Crippen LogP contribution in [0.1, 0.15) is 25.7 Å². The molecule has 0 amide bonds. The van der Waals surface area contributed by atoms with E-state index in [1.54, 1.807) is 0 Å². The summed E-state index contributed by atoms with van der Waals surface area (Å²) in [5, 5.41) is 36.4. The lowest BCUT2D eigenvalue weighted by Gasteiger charge is -2.31. The number of carboxylic acids is 4. The number of carbonyl (C=O) groups is 4. The first-order chi connectivity index (χ1) is 15.2. The highest BCUT2D eigenvalue weighted by Crippen LogP contribution is 2.04. The van der Waals surface area contributed by atoms with Gasteiger partial charge in [-0.25, -0.2) is 0 Å². The van der Waals surface area contributed by atoms with Gasteiger partial charge in [-0.05, 0) is 25.9 Å². The molecular formula is C20H36N4O8. The maximum Gasteiger partial charge on any atom is 0.317 e. The largest absolute Gasteiger partial charge is 0.481 e. The average molecular weight is 461 g/mol. The molecule has 0 saturated carbocycles. The number of nitrogens with zero attached hydrogens (tertiary/aromatic N) is 4. The van der Waals surface area contributed by atoms with Crippen LogP contribution < -0.4 is 0 Å². The summed E-state index contributed by atoms with van der Waals surface area (Å²) in [6.45, 7) is 4.62. The van der Waals surface area contributed by atoms with E-state index in [0.717, 1.165) is 0 Å². The topological polar surface area (TPSA) is 162 Å². The van der Waals surface area contributed by atoms with Gasteiger partial charge in [0.2, 0.25) is 0 Å². The number of aliphatic carboxylic acids is 4. The zero-order valence-corrected chi connectivity index (χ0v) is 18.5. The van der Waals surface area contributed by atoms with Gasteiger partial charge in [-0.1, -0.05) is 0 Å². The Balaban J connectivity index is 2.87. The number of hydrogen-bond donors (Lipinski definition) is 4. The first kappa shape index (κ1) is 27.8. The van der Waals surface area contributed by atoms with Gasteiger partial charge in [0.1, 0.15) is 0 Å². The number of hydrogen-bond acceptors (Lipinski definition) is 8. The fraction of sp³-hybridized carbons (Fsp3) is 0.800. The van der Waals surface area contributed by atoms with Crippen LogP contribution in [0.25, 0.3) is 0 Å². The predicted octanol–water partition coefficient (Wildman–Crippen LogP) is -0.893. The quantitative estimate of drug-likeness (QED) is 0.318. The summed E-state index contributed by atoms with van der Waals surface area (Å²) in [5.74, 6) is -3.67. The van der Waals surface area contributed by atoms with Gasteiger partial charge in [-0.3, -0.25) is 29.0 Å². The molecule has 12 nitrogen and oxygen atoms in total. The van der Waals surface area contributed by atoms with Crippen molar-refractivity contribution in [2.45, 2.75) is 25.7 Å². The average Bonchev–Trinajstić information content (AvgIpc) is 2.68. The standard InChI is InChI=1S/C20H36N4O8/c25-17(26)3-9-21-5-1-7-23(15-19(29)30)13-12-22(10-4-18(27)28)6-2-8-24(14-11-21)16-20(31)32/h1-16H2,(H,25,26)(H,27,28)(H,29,30)(H,31,32). The van der Waals surface area contributed by atoms with Crippen LogP contribution in [0.15, 0.2) is 0 Å². The molecule has 0 aromatic heterocycles. The van der Waals surface area contributed by atoms with Crippen molar-refractivity contribution < 1.29 is 39.6 Å². The Hall–Kier alpha value is -2.28. The van der Waals surface area contributed by atoms with Crippen LogP contribution in [-0.4, -0.2) is 142 Å². The molecule has 0 atom stereocenters. The van der Waals surface area contributed by atoms with Crippen molar-refractivity contribution in [3.63, 3.8) is 0 Å². The van der Waals surface area contributed by atoms with E-state index in [4.69, 9.17) is 10.2 Å². The smallest absolute Gasteiger partial charge is 0.317 e. The molecule has 1 saturated heterocycles. The van der Waals surface area contributed by atoms with Gasteiger partial charge in [0.25, 0.3) is 0 Å². The van der Waals surface area contributed by atoms with Gasteiger partial charge >= 0.3 is 23.9 Å². The van der Waals surface area contributed by atoms with Gasteiger partial charge in [0.05, 0.1) is 25.9 Å². The normalized spacial score (nSPS) is 19.2.